The number of nitrogens with zero attached hydrogens (tertiary/aromatic N) is 1. The van der Waals surface area contributed by atoms with Gasteiger partial charge < -0.3 is 5.32 Å². The number of hydrogen-bond donors (Lipinski definition) is 1. The molecule has 0 aromatic carbocycles. The second kappa shape index (κ2) is 4.59. The Balaban J connectivity index is 2.89. The van der Waals surface area contributed by atoms with Crippen molar-refractivity contribution in [2.24, 2.45) is 0 Å². The standard InChI is InChI=1S/C9H20N2O2S/c1-8(2)11-9(3)7-10-5-4-6-14(11,12)13/h8-10H,4-7H2,1-3H3. The lowest BCUT2D eigenvalue weighted by molar-refractivity contribution is 0.274. The molecule has 1 aliphatic heterocycles. The third kappa shape index (κ3) is 2.68. The molecule has 1 aliphatic rings. The average Bonchev–Trinajstić information content (AvgIpc) is 1.99. The van der Waals surface area contributed by atoms with E-state index in [0.29, 0.717) is 6.42 Å². The van der Waals surface area contributed by atoms with Gasteiger partial charge in [-0.25, -0.2) is 8.42 Å². The highest BCUT2D eigenvalue weighted by molar-refractivity contribution is 7.89. The fourth-order valence-corrected chi connectivity index (χ4v) is 3.98. The zero-order valence-corrected chi connectivity index (χ0v) is 9.97. The van der Waals surface area contributed by atoms with Gasteiger partial charge >= 0.3 is 0 Å². The van der Waals surface area contributed by atoms with Gasteiger partial charge in [0.25, 0.3) is 0 Å². The van der Waals surface area contributed by atoms with Crippen LogP contribution in [0.15, 0.2) is 0 Å². The highest BCUT2D eigenvalue weighted by atomic mass is 32.2. The van der Waals surface area contributed by atoms with Crippen molar-refractivity contribution in [3.63, 3.8) is 0 Å². The van der Waals surface area contributed by atoms with E-state index < -0.39 is 10.0 Å². The second-order valence-corrected chi connectivity index (χ2v) is 6.14. The smallest absolute Gasteiger partial charge is 0.214 e. The van der Waals surface area contributed by atoms with Crippen LogP contribution < -0.4 is 5.32 Å². The van der Waals surface area contributed by atoms with Crippen molar-refractivity contribution >= 4 is 10.0 Å². The van der Waals surface area contributed by atoms with E-state index in [9.17, 15) is 8.42 Å². The maximum Gasteiger partial charge on any atom is 0.214 e. The normalized spacial score (nSPS) is 29.9. The van der Waals surface area contributed by atoms with Gasteiger partial charge in [-0.05, 0) is 33.7 Å². The summed E-state index contributed by atoms with van der Waals surface area (Å²) in [6.07, 6.45) is 0.707. The van der Waals surface area contributed by atoms with Crippen molar-refractivity contribution in [1.82, 2.24) is 9.62 Å². The van der Waals surface area contributed by atoms with Crippen LogP contribution in [0.4, 0.5) is 0 Å². The summed E-state index contributed by atoms with van der Waals surface area (Å²) < 4.78 is 25.4. The van der Waals surface area contributed by atoms with E-state index in [4.69, 9.17) is 0 Å². The maximum atomic E-state index is 11.9. The van der Waals surface area contributed by atoms with Crippen molar-refractivity contribution < 1.29 is 8.42 Å². The summed E-state index contributed by atoms with van der Waals surface area (Å²) in [4.78, 5) is 0. The highest BCUT2D eigenvalue weighted by Crippen LogP contribution is 2.14. The summed E-state index contributed by atoms with van der Waals surface area (Å²) in [5.74, 6) is 0.266. The van der Waals surface area contributed by atoms with Crippen LogP contribution in [0.3, 0.4) is 0 Å². The number of hydrogen-bond acceptors (Lipinski definition) is 3. The van der Waals surface area contributed by atoms with Gasteiger partial charge in [0.05, 0.1) is 5.75 Å². The monoisotopic (exact) mass is 220 g/mol. The summed E-state index contributed by atoms with van der Waals surface area (Å²) in [5.41, 5.74) is 0. The first-order valence-electron chi connectivity index (χ1n) is 5.17. The molecule has 0 amide bonds. The van der Waals surface area contributed by atoms with Crippen LogP contribution in [0.1, 0.15) is 27.2 Å². The van der Waals surface area contributed by atoms with Crippen LogP contribution >= 0.6 is 0 Å². The topological polar surface area (TPSA) is 49.4 Å². The third-order valence-corrected chi connectivity index (χ3v) is 4.69. The molecule has 0 spiro atoms. The Morgan fingerprint density at radius 3 is 2.64 bits per heavy atom. The zero-order chi connectivity index (χ0) is 10.8. The number of sulfonamides is 1. The quantitative estimate of drug-likeness (QED) is 0.696. The van der Waals surface area contributed by atoms with Gasteiger partial charge in [0.15, 0.2) is 0 Å². The second-order valence-electron chi connectivity index (χ2n) is 4.15. The van der Waals surface area contributed by atoms with Crippen LogP contribution in [-0.2, 0) is 10.0 Å². The summed E-state index contributed by atoms with van der Waals surface area (Å²) in [7, 11) is -3.04. The zero-order valence-electron chi connectivity index (χ0n) is 9.16. The summed E-state index contributed by atoms with van der Waals surface area (Å²) in [6, 6.07) is 0.107. The summed E-state index contributed by atoms with van der Waals surface area (Å²) in [6.45, 7) is 7.36. The van der Waals surface area contributed by atoms with Crippen molar-refractivity contribution in [1.29, 1.82) is 0 Å². The van der Waals surface area contributed by atoms with E-state index in [-0.39, 0.29) is 17.8 Å². The minimum Gasteiger partial charge on any atom is -0.315 e. The Hall–Kier alpha value is -0.130. The van der Waals surface area contributed by atoms with E-state index in [2.05, 4.69) is 5.32 Å². The molecule has 4 nitrogen and oxygen atoms in total. The van der Waals surface area contributed by atoms with Crippen LogP contribution in [0, 0.1) is 0 Å². The average molecular weight is 220 g/mol. The van der Waals surface area contributed by atoms with Gasteiger partial charge in [0.2, 0.25) is 10.0 Å². The molecule has 0 aromatic rings. The fraction of sp³-hybridized carbons (Fsp3) is 1.00. The minimum atomic E-state index is -3.04. The molecule has 0 aromatic heterocycles. The molecule has 14 heavy (non-hydrogen) atoms. The minimum absolute atomic E-state index is 0.0508. The van der Waals surface area contributed by atoms with Crippen molar-refractivity contribution in [2.45, 2.75) is 39.3 Å². The molecular formula is C9H20N2O2S. The predicted molar refractivity (Wildman–Crippen MR) is 57.7 cm³/mol. The molecule has 1 saturated heterocycles. The summed E-state index contributed by atoms with van der Waals surface area (Å²) >= 11 is 0. The van der Waals surface area contributed by atoms with Crippen LogP contribution in [0.2, 0.25) is 0 Å². The molecule has 1 atom stereocenters. The lowest BCUT2D eigenvalue weighted by atomic mass is 10.2. The predicted octanol–water partition coefficient (Wildman–Crippen LogP) is 0.408. The first kappa shape index (κ1) is 11.9. The molecule has 1 N–H and O–H groups in total. The lowest BCUT2D eigenvalue weighted by Gasteiger charge is -2.33. The lowest BCUT2D eigenvalue weighted by Crippen LogP contribution is -2.50. The molecule has 1 heterocycles. The molecular weight excluding hydrogens is 200 g/mol. The molecule has 0 bridgehead atoms. The third-order valence-electron chi connectivity index (χ3n) is 2.46. The Morgan fingerprint density at radius 2 is 2.07 bits per heavy atom. The molecule has 84 valence electrons. The molecule has 1 unspecified atom stereocenters. The molecule has 1 rings (SSSR count). The SMILES string of the molecule is CC(C)N1C(C)CNCCCS1(=O)=O. The molecule has 0 radical (unpaired) electrons. The Kier molecular flexibility index (Phi) is 3.92. The van der Waals surface area contributed by atoms with Gasteiger partial charge in [-0.1, -0.05) is 0 Å². The largest absolute Gasteiger partial charge is 0.315 e. The molecule has 0 aliphatic carbocycles. The van der Waals surface area contributed by atoms with Gasteiger partial charge in [0.1, 0.15) is 0 Å². The van der Waals surface area contributed by atoms with Crippen molar-refractivity contribution in [2.75, 3.05) is 18.8 Å². The Morgan fingerprint density at radius 1 is 1.43 bits per heavy atom. The van der Waals surface area contributed by atoms with E-state index in [0.717, 1.165) is 13.1 Å². The summed E-state index contributed by atoms with van der Waals surface area (Å²) in [5, 5.41) is 3.25. The van der Waals surface area contributed by atoms with Gasteiger partial charge in [-0.3, -0.25) is 0 Å². The Bertz CT molecular complexity index is 275. The van der Waals surface area contributed by atoms with Gasteiger partial charge in [-0.2, -0.15) is 4.31 Å². The van der Waals surface area contributed by atoms with Gasteiger partial charge in [-0.15, -0.1) is 0 Å². The van der Waals surface area contributed by atoms with E-state index in [1.807, 2.05) is 20.8 Å². The van der Waals surface area contributed by atoms with Crippen LogP contribution in [-0.4, -0.2) is 43.6 Å². The molecule has 0 saturated carbocycles. The van der Waals surface area contributed by atoms with Crippen molar-refractivity contribution in [3.8, 4) is 0 Å². The first-order chi connectivity index (χ1) is 6.45. The maximum absolute atomic E-state index is 11.9. The van der Waals surface area contributed by atoms with Crippen LogP contribution in [0.25, 0.3) is 0 Å². The fourth-order valence-electron chi connectivity index (χ4n) is 1.99. The highest BCUT2D eigenvalue weighted by Gasteiger charge is 2.30. The first-order valence-corrected chi connectivity index (χ1v) is 6.78. The van der Waals surface area contributed by atoms with Crippen molar-refractivity contribution in [3.05, 3.63) is 0 Å². The molecule has 1 fully saturated rings. The Labute approximate surface area is 86.7 Å². The van der Waals surface area contributed by atoms with Gasteiger partial charge in [0, 0.05) is 18.6 Å². The van der Waals surface area contributed by atoms with E-state index in [1.165, 1.54) is 0 Å². The number of nitrogens with one attached hydrogen (secondary N) is 1. The van der Waals surface area contributed by atoms with E-state index >= 15 is 0 Å². The number of rotatable bonds is 1. The van der Waals surface area contributed by atoms with E-state index in [1.54, 1.807) is 4.31 Å². The van der Waals surface area contributed by atoms with Crippen LogP contribution in [0.5, 0.6) is 0 Å². The molecule has 5 heteroatoms.